The van der Waals surface area contributed by atoms with Crippen LogP contribution in [-0.2, 0) is 17.5 Å². The number of nitrogens with zero attached hydrogens (tertiary/aromatic N) is 1. The second kappa shape index (κ2) is 9.92. The summed E-state index contributed by atoms with van der Waals surface area (Å²) in [7, 11) is 0. The van der Waals surface area contributed by atoms with Crippen molar-refractivity contribution in [1.82, 2.24) is 4.90 Å². The van der Waals surface area contributed by atoms with Gasteiger partial charge in [0, 0.05) is 6.54 Å². The molecule has 2 aromatic rings. The van der Waals surface area contributed by atoms with Crippen molar-refractivity contribution in [2.24, 2.45) is 11.8 Å². The fraction of sp³-hybridized carbons (Fsp3) is 0.577. The smallest absolute Gasteiger partial charge is 0.420 e. The van der Waals surface area contributed by atoms with E-state index in [0.717, 1.165) is 44.2 Å². The van der Waals surface area contributed by atoms with E-state index in [0.29, 0.717) is 37.2 Å². The SMILES string of the molecule is C[C@H]1CC[C@@H](Oc2ccc3ccc(CN4CCCC(C(=O)O)CC4)cc3c2C(F)(F)F)CC1. The van der Waals surface area contributed by atoms with E-state index in [-0.39, 0.29) is 23.2 Å². The molecule has 2 aliphatic rings. The van der Waals surface area contributed by atoms with Crippen molar-refractivity contribution in [2.45, 2.75) is 70.7 Å². The number of halogens is 3. The predicted octanol–water partition coefficient (Wildman–Crippen LogP) is 6.50. The van der Waals surface area contributed by atoms with Crippen LogP contribution in [0.15, 0.2) is 30.3 Å². The summed E-state index contributed by atoms with van der Waals surface area (Å²) in [4.78, 5) is 13.4. The first kappa shape index (κ1) is 23.9. The third-order valence-electron chi connectivity index (χ3n) is 7.16. The van der Waals surface area contributed by atoms with Crippen LogP contribution in [0.2, 0.25) is 0 Å². The van der Waals surface area contributed by atoms with Crippen molar-refractivity contribution >= 4 is 16.7 Å². The topological polar surface area (TPSA) is 49.8 Å². The van der Waals surface area contributed by atoms with E-state index in [1.54, 1.807) is 18.2 Å². The monoisotopic (exact) mass is 463 g/mol. The standard InChI is InChI=1S/C26H32F3NO3/c1-17-4-9-21(10-5-17)33-23-11-8-19-7-6-18(15-22(19)24(23)26(27,28)29)16-30-13-2-3-20(12-14-30)25(31)32/h6-8,11,15,17,20-21H,2-5,9-10,12-14,16H2,1H3,(H,31,32)/t17-,20?,21+. The van der Waals surface area contributed by atoms with Gasteiger partial charge in [0.15, 0.2) is 0 Å². The highest BCUT2D eigenvalue weighted by Crippen LogP contribution is 2.43. The summed E-state index contributed by atoms with van der Waals surface area (Å²) in [5.74, 6) is -0.593. The Labute approximate surface area is 192 Å². The van der Waals surface area contributed by atoms with Crippen molar-refractivity contribution in [3.63, 3.8) is 0 Å². The zero-order valence-corrected chi connectivity index (χ0v) is 19.0. The minimum Gasteiger partial charge on any atom is -0.490 e. The zero-order valence-electron chi connectivity index (χ0n) is 19.0. The molecule has 0 aromatic heterocycles. The molecule has 1 unspecified atom stereocenters. The van der Waals surface area contributed by atoms with Crippen LogP contribution < -0.4 is 4.74 Å². The second-order valence-corrected chi connectivity index (χ2v) is 9.73. The lowest BCUT2D eigenvalue weighted by atomic mass is 9.89. The highest BCUT2D eigenvalue weighted by molar-refractivity contribution is 5.89. The Morgan fingerprint density at radius 2 is 1.79 bits per heavy atom. The minimum atomic E-state index is -4.52. The lowest BCUT2D eigenvalue weighted by molar-refractivity contribution is -0.142. The first-order valence-electron chi connectivity index (χ1n) is 12.0. The van der Waals surface area contributed by atoms with Crippen molar-refractivity contribution < 1.29 is 27.8 Å². The molecule has 0 spiro atoms. The number of hydrogen-bond acceptors (Lipinski definition) is 3. The van der Waals surface area contributed by atoms with Gasteiger partial charge in [0.1, 0.15) is 11.3 Å². The largest absolute Gasteiger partial charge is 0.490 e. The van der Waals surface area contributed by atoms with Crippen molar-refractivity contribution in [2.75, 3.05) is 13.1 Å². The van der Waals surface area contributed by atoms with Gasteiger partial charge in [0.05, 0.1) is 12.0 Å². The molecule has 0 amide bonds. The summed E-state index contributed by atoms with van der Waals surface area (Å²) in [6.45, 7) is 4.05. The quantitative estimate of drug-likeness (QED) is 0.550. The summed E-state index contributed by atoms with van der Waals surface area (Å²) in [6, 6.07) is 8.41. The van der Waals surface area contributed by atoms with Crippen LogP contribution in [0.5, 0.6) is 5.75 Å². The number of carboxylic acid groups (broad SMARTS) is 1. The van der Waals surface area contributed by atoms with E-state index in [1.165, 1.54) is 6.07 Å². The molecule has 180 valence electrons. The number of rotatable bonds is 5. The molecule has 1 saturated heterocycles. The molecule has 7 heteroatoms. The fourth-order valence-corrected chi connectivity index (χ4v) is 5.18. The van der Waals surface area contributed by atoms with Crippen LogP contribution in [0, 0.1) is 11.8 Å². The number of hydrogen-bond donors (Lipinski definition) is 1. The van der Waals surface area contributed by atoms with Gasteiger partial charge in [-0.05, 0) is 92.4 Å². The van der Waals surface area contributed by atoms with Gasteiger partial charge in [0.25, 0.3) is 0 Å². The molecule has 4 nitrogen and oxygen atoms in total. The molecule has 1 N–H and O–H groups in total. The van der Waals surface area contributed by atoms with Crippen molar-refractivity contribution in [1.29, 1.82) is 0 Å². The van der Waals surface area contributed by atoms with E-state index in [4.69, 9.17) is 4.74 Å². The van der Waals surface area contributed by atoms with Crippen molar-refractivity contribution in [3.8, 4) is 5.75 Å². The number of carboxylic acids is 1. The fourth-order valence-electron chi connectivity index (χ4n) is 5.18. The molecular weight excluding hydrogens is 431 g/mol. The number of ether oxygens (including phenoxy) is 1. The predicted molar refractivity (Wildman–Crippen MR) is 121 cm³/mol. The number of aliphatic carboxylic acids is 1. The Morgan fingerprint density at radius 1 is 1.06 bits per heavy atom. The normalized spacial score (nSPS) is 25.0. The van der Waals surface area contributed by atoms with Crippen LogP contribution in [-0.4, -0.2) is 35.2 Å². The Balaban J connectivity index is 1.59. The molecule has 2 aromatic carbocycles. The van der Waals surface area contributed by atoms with Crippen LogP contribution in [0.4, 0.5) is 13.2 Å². The number of benzene rings is 2. The van der Waals surface area contributed by atoms with E-state index in [1.807, 2.05) is 6.07 Å². The molecule has 1 saturated carbocycles. The molecule has 4 rings (SSSR count). The number of carbonyl (C=O) groups is 1. The van der Waals surface area contributed by atoms with Crippen LogP contribution in [0.1, 0.15) is 63.0 Å². The molecule has 1 aliphatic carbocycles. The first-order chi connectivity index (χ1) is 15.7. The van der Waals surface area contributed by atoms with Crippen LogP contribution in [0.25, 0.3) is 10.8 Å². The highest BCUT2D eigenvalue weighted by atomic mass is 19.4. The molecular formula is C26H32F3NO3. The molecule has 1 heterocycles. The molecule has 0 bridgehead atoms. The highest BCUT2D eigenvalue weighted by Gasteiger charge is 2.37. The third-order valence-corrected chi connectivity index (χ3v) is 7.16. The van der Waals surface area contributed by atoms with Gasteiger partial charge >= 0.3 is 12.1 Å². The molecule has 2 fully saturated rings. The van der Waals surface area contributed by atoms with E-state index in [2.05, 4.69) is 11.8 Å². The molecule has 1 atom stereocenters. The van der Waals surface area contributed by atoms with Crippen LogP contribution >= 0.6 is 0 Å². The lowest BCUT2D eigenvalue weighted by Crippen LogP contribution is -2.25. The average Bonchev–Trinajstić information content (AvgIpc) is 3.00. The maximum Gasteiger partial charge on any atom is 0.420 e. The van der Waals surface area contributed by atoms with Gasteiger partial charge in [-0.25, -0.2) is 0 Å². The van der Waals surface area contributed by atoms with Gasteiger partial charge in [0.2, 0.25) is 0 Å². The molecule has 33 heavy (non-hydrogen) atoms. The Morgan fingerprint density at radius 3 is 2.48 bits per heavy atom. The minimum absolute atomic E-state index is 0.0780. The van der Waals surface area contributed by atoms with Gasteiger partial charge in [-0.1, -0.05) is 25.1 Å². The van der Waals surface area contributed by atoms with Gasteiger partial charge in [-0.15, -0.1) is 0 Å². The maximum absolute atomic E-state index is 14.2. The van der Waals surface area contributed by atoms with E-state index in [9.17, 15) is 23.1 Å². The maximum atomic E-state index is 14.2. The Bertz CT molecular complexity index is 983. The van der Waals surface area contributed by atoms with Gasteiger partial charge in [-0.3, -0.25) is 9.69 Å². The number of alkyl halides is 3. The third kappa shape index (κ3) is 5.81. The summed E-state index contributed by atoms with van der Waals surface area (Å²) in [5, 5.41) is 9.99. The van der Waals surface area contributed by atoms with Gasteiger partial charge in [-0.2, -0.15) is 13.2 Å². The summed E-state index contributed by atoms with van der Waals surface area (Å²) in [5.41, 5.74) is 0.104. The first-order valence-corrected chi connectivity index (χ1v) is 12.0. The Kier molecular flexibility index (Phi) is 7.17. The lowest BCUT2D eigenvalue weighted by Gasteiger charge is -2.28. The average molecular weight is 464 g/mol. The van der Waals surface area contributed by atoms with Crippen LogP contribution in [0.3, 0.4) is 0 Å². The Hall–Kier alpha value is -2.28. The van der Waals surface area contributed by atoms with Crippen molar-refractivity contribution in [3.05, 3.63) is 41.5 Å². The molecule has 1 aliphatic heterocycles. The number of likely N-dealkylation sites (tertiary alicyclic amines) is 1. The summed E-state index contributed by atoms with van der Waals surface area (Å²) in [6.07, 6.45) is 0.790. The van der Waals surface area contributed by atoms with Gasteiger partial charge < -0.3 is 9.84 Å². The van der Waals surface area contributed by atoms with E-state index < -0.39 is 17.7 Å². The zero-order chi connectivity index (χ0) is 23.6. The molecule has 0 radical (unpaired) electrons. The summed E-state index contributed by atoms with van der Waals surface area (Å²) < 4.78 is 48.6. The second-order valence-electron chi connectivity index (χ2n) is 9.73. The summed E-state index contributed by atoms with van der Waals surface area (Å²) >= 11 is 0. The number of fused-ring (bicyclic) bond motifs is 1. The van der Waals surface area contributed by atoms with E-state index >= 15 is 0 Å².